The van der Waals surface area contributed by atoms with Gasteiger partial charge in [-0.25, -0.2) is 4.79 Å². The van der Waals surface area contributed by atoms with Crippen molar-refractivity contribution in [2.75, 3.05) is 13.7 Å². The summed E-state index contributed by atoms with van der Waals surface area (Å²) in [5.74, 6) is 0.510. The van der Waals surface area contributed by atoms with Crippen LogP contribution in [-0.2, 0) is 0 Å². The highest BCUT2D eigenvalue weighted by molar-refractivity contribution is 5.78. The third-order valence-electron chi connectivity index (χ3n) is 5.10. The summed E-state index contributed by atoms with van der Waals surface area (Å²) in [4.78, 5) is 14.0. The fraction of sp³-hybridized carbons (Fsp3) is 0.364. The first-order chi connectivity index (χ1) is 13.5. The lowest BCUT2D eigenvalue weighted by molar-refractivity contribution is 0.0164. The van der Waals surface area contributed by atoms with Gasteiger partial charge in [-0.3, -0.25) is 0 Å². The van der Waals surface area contributed by atoms with Crippen molar-refractivity contribution >= 4 is 6.03 Å². The lowest BCUT2D eigenvalue weighted by Crippen LogP contribution is -2.67. The minimum absolute atomic E-state index is 0.0446. The van der Waals surface area contributed by atoms with Gasteiger partial charge in [0.05, 0.1) is 25.8 Å². The average molecular weight is 379 g/mol. The Labute approximate surface area is 165 Å². The van der Waals surface area contributed by atoms with Gasteiger partial charge < -0.3 is 20.1 Å². The normalized spacial score (nSPS) is 21.0. The van der Waals surface area contributed by atoms with Gasteiger partial charge in [0.2, 0.25) is 0 Å². The number of rotatable bonds is 5. The second-order valence-electron chi connectivity index (χ2n) is 7.18. The van der Waals surface area contributed by atoms with Crippen LogP contribution in [0.5, 0.6) is 5.75 Å². The van der Waals surface area contributed by atoms with Crippen LogP contribution >= 0.6 is 0 Å². The molecule has 1 aliphatic rings. The largest absolute Gasteiger partial charge is 0.497 e. The van der Waals surface area contributed by atoms with E-state index in [-0.39, 0.29) is 24.6 Å². The van der Waals surface area contributed by atoms with E-state index in [4.69, 9.17) is 4.74 Å². The highest BCUT2D eigenvalue weighted by Crippen LogP contribution is 2.44. The van der Waals surface area contributed by atoms with E-state index in [1.165, 1.54) is 4.90 Å². The number of nitriles is 1. The molecule has 0 aromatic heterocycles. The fourth-order valence-corrected chi connectivity index (χ4v) is 3.80. The molecule has 2 aromatic rings. The molecule has 1 saturated heterocycles. The number of aliphatic hydroxyl groups excluding tert-OH is 1. The second kappa shape index (κ2) is 8.32. The molecular formula is C22H25N3O3. The number of carbonyl (C=O) groups excluding carboxylic acids is 1. The van der Waals surface area contributed by atoms with Gasteiger partial charge in [0.25, 0.3) is 0 Å². The van der Waals surface area contributed by atoms with E-state index in [9.17, 15) is 15.2 Å². The Morgan fingerprint density at radius 1 is 1.25 bits per heavy atom. The molecule has 3 atom stereocenters. The van der Waals surface area contributed by atoms with Crippen molar-refractivity contribution in [1.29, 1.82) is 5.26 Å². The van der Waals surface area contributed by atoms with Crippen molar-refractivity contribution in [3.8, 4) is 22.9 Å². The summed E-state index contributed by atoms with van der Waals surface area (Å²) in [6.07, 6.45) is 0. The van der Waals surface area contributed by atoms with Gasteiger partial charge in [-0.1, -0.05) is 36.4 Å². The topological polar surface area (TPSA) is 85.6 Å². The Morgan fingerprint density at radius 2 is 1.93 bits per heavy atom. The molecule has 6 heteroatoms. The number of nitrogens with one attached hydrogen (secondary N) is 1. The Hall–Kier alpha value is -3.04. The summed E-state index contributed by atoms with van der Waals surface area (Å²) < 4.78 is 5.23. The van der Waals surface area contributed by atoms with Gasteiger partial charge in [0, 0.05) is 12.0 Å². The molecule has 0 aliphatic carbocycles. The monoisotopic (exact) mass is 379 g/mol. The number of carbonyl (C=O) groups is 1. The predicted octanol–water partition coefficient (Wildman–Crippen LogP) is 3.13. The van der Waals surface area contributed by atoms with E-state index in [0.29, 0.717) is 0 Å². The number of benzene rings is 2. The SMILES string of the molecule is COc1ccc(-c2ccccc2[C@@H]2[C@@H](CO)N(C(=O)NC(C)C)[C@H]2C#N)cc1. The van der Waals surface area contributed by atoms with Crippen molar-refractivity contribution in [3.05, 3.63) is 54.1 Å². The number of aliphatic hydroxyl groups is 1. The molecule has 0 radical (unpaired) electrons. The molecule has 0 saturated carbocycles. The Balaban J connectivity index is 1.97. The van der Waals surface area contributed by atoms with E-state index in [0.717, 1.165) is 22.4 Å². The molecule has 2 amide bonds. The number of urea groups is 1. The summed E-state index contributed by atoms with van der Waals surface area (Å²) in [6.45, 7) is 3.53. The van der Waals surface area contributed by atoms with E-state index in [1.54, 1.807) is 7.11 Å². The van der Waals surface area contributed by atoms with Crippen molar-refractivity contribution in [2.24, 2.45) is 0 Å². The van der Waals surface area contributed by atoms with Gasteiger partial charge in [0.15, 0.2) is 0 Å². The van der Waals surface area contributed by atoms with Crippen LogP contribution in [0.15, 0.2) is 48.5 Å². The van der Waals surface area contributed by atoms with Gasteiger partial charge in [0.1, 0.15) is 11.8 Å². The first kappa shape index (κ1) is 19.7. The minimum Gasteiger partial charge on any atom is -0.497 e. The zero-order valence-corrected chi connectivity index (χ0v) is 16.3. The van der Waals surface area contributed by atoms with Crippen LogP contribution in [0.1, 0.15) is 25.3 Å². The molecular weight excluding hydrogens is 354 g/mol. The number of likely N-dealkylation sites (tertiary alicyclic amines) is 1. The smallest absolute Gasteiger partial charge is 0.319 e. The number of hydrogen-bond acceptors (Lipinski definition) is 4. The molecule has 0 unspecified atom stereocenters. The molecule has 2 aromatic carbocycles. The molecule has 3 rings (SSSR count). The highest BCUT2D eigenvalue weighted by atomic mass is 16.5. The van der Waals surface area contributed by atoms with Crippen LogP contribution in [0.25, 0.3) is 11.1 Å². The molecule has 0 spiro atoms. The predicted molar refractivity (Wildman–Crippen MR) is 107 cm³/mol. The van der Waals surface area contributed by atoms with Crippen LogP contribution in [0.3, 0.4) is 0 Å². The van der Waals surface area contributed by atoms with Crippen LogP contribution in [-0.4, -0.2) is 47.9 Å². The quantitative estimate of drug-likeness (QED) is 0.836. The minimum atomic E-state index is -0.629. The van der Waals surface area contributed by atoms with E-state index < -0.39 is 12.1 Å². The molecule has 6 nitrogen and oxygen atoms in total. The number of amides is 2. The Kier molecular flexibility index (Phi) is 5.86. The van der Waals surface area contributed by atoms with Gasteiger partial charge in [-0.05, 0) is 42.7 Å². The van der Waals surface area contributed by atoms with Crippen molar-refractivity contribution < 1.29 is 14.6 Å². The zero-order valence-electron chi connectivity index (χ0n) is 16.3. The lowest BCUT2D eigenvalue weighted by Gasteiger charge is -2.52. The fourth-order valence-electron chi connectivity index (χ4n) is 3.80. The van der Waals surface area contributed by atoms with Gasteiger partial charge in [-0.2, -0.15) is 5.26 Å². The van der Waals surface area contributed by atoms with E-state index in [2.05, 4.69) is 11.4 Å². The maximum atomic E-state index is 12.5. The Bertz CT molecular complexity index is 873. The summed E-state index contributed by atoms with van der Waals surface area (Å²) in [5, 5.41) is 22.5. The van der Waals surface area contributed by atoms with Crippen LogP contribution in [0, 0.1) is 11.3 Å². The lowest BCUT2D eigenvalue weighted by atomic mass is 9.73. The molecule has 28 heavy (non-hydrogen) atoms. The van der Waals surface area contributed by atoms with E-state index >= 15 is 0 Å². The number of hydrogen-bond donors (Lipinski definition) is 2. The first-order valence-corrected chi connectivity index (χ1v) is 9.34. The summed E-state index contributed by atoms with van der Waals surface area (Å²) >= 11 is 0. The average Bonchev–Trinajstić information content (AvgIpc) is 2.68. The van der Waals surface area contributed by atoms with Gasteiger partial charge in [-0.15, -0.1) is 0 Å². The standard InChI is InChI=1S/C22H25N3O3/c1-14(2)24-22(27)25-19(12-23)21(20(25)13-26)18-7-5-4-6-17(18)15-8-10-16(28-3)11-9-15/h4-11,14,19-21,26H,13H2,1-3H3,(H,24,27)/t19-,20+,21-/m0/s1. The molecule has 1 aliphatic heterocycles. The molecule has 1 fully saturated rings. The zero-order chi connectivity index (χ0) is 20.3. The number of nitrogens with zero attached hydrogens (tertiary/aromatic N) is 2. The van der Waals surface area contributed by atoms with Crippen LogP contribution < -0.4 is 10.1 Å². The first-order valence-electron chi connectivity index (χ1n) is 9.34. The van der Waals surface area contributed by atoms with Crippen molar-refractivity contribution in [1.82, 2.24) is 10.2 Å². The summed E-state index contributed by atoms with van der Waals surface area (Å²) in [5.41, 5.74) is 2.93. The van der Waals surface area contributed by atoms with Crippen LogP contribution in [0.4, 0.5) is 4.79 Å². The van der Waals surface area contributed by atoms with Crippen LogP contribution in [0.2, 0.25) is 0 Å². The maximum Gasteiger partial charge on any atom is 0.319 e. The number of methoxy groups -OCH3 is 1. The van der Waals surface area contributed by atoms with Crippen molar-refractivity contribution in [3.63, 3.8) is 0 Å². The molecule has 0 bridgehead atoms. The molecule has 2 N–H and O–H groups in total. The number of ether oxygens (including phenoxy) is 1. The van der Waals surface area contributed by atoms with Crippen molar-refractivity contribution in [2.45, 2.75) is 37.9 Å². The third kappa shape index (κ3) is 3.54. The molecule has 1 heterocycles. The summed E-state index contributed by atoms with van der Waals surface area (Å²) in [6, 6.07) is 16.4. The maximum absolute atomic E-state index is 12.5. The third-order valence-corrected chi connectivity index (χ3v) is 5.10. The second-order valence-corrected chi connectivity index (χ2v) is 7.18. The summed E-state index contributed by atoms with van der Waals surface area (Å²) in [7, 11) is 1.62. The van der Waals surface area contributed by atoms with Gasteiger partial charge >= 0.3 is 6.03 Å². The Morgan fingerprint density at radius 3 is 2.50 bits per heavy atom. The highest BCUT2D eigenvalue weighted by Gasteiger charge is 2.52. The molecule has 146 valence electrons. The van der Waals surface area contributed by atoms with E-state index in [1.807, 2.05) is 62.4 Å².